The largest absolute Gasteiger partial charge is 0.507 e. The topological polar surface area (TPSA) is 66.8 Å². The second-order valence-corrected chi connectivity index (χ2v) is 5.59. The van der Waals surface area contributed by atoms with Crippen molar-refractivity contribution in [1.29, 1.82) is 0 Å². The molecule has 0 saturated carbocycles. The molecule has 0 aromatic heterocycles. The van der Waals surface area contributed by atoms with Gasteiger partial charge in [-0.05, 0) is 34.7 Å². The number of carbonyl (C=O) groups is 1. The minimum absolute atomic E-state index is 0.0459. The van der Waals surface area contributed by atoms with Crippen LogP contribution < -0.4 is 4.74 Å². The number of hydrogen-bond donors (Lipinski definition) is 2. The van der Waals surface area contributed by atoms with Gasteiger partial charge in [-0.15, -0.1) is 0 Å². The lowest BCUT2D eigenvalue weighted by molar-refractivity contribution is 0.0697. The highest BCUT2D eigenvalue weighted by atomic mass is 16.5. The molecule has 4 nitrogen and oxygen atoms in total. The zero-order valence-electron chi connectivity index (χ0n) is 12.2. The van der Waals surface area contributed by atoms with Crippen LogP contribution in [-0.4, -0.2) is 22.8 Å². The third-order valence-electron chi connectivity index (χ3n) is 4.22. The van der Waals surface area contributed by atoms with Crippen molar-refractivity contribution in [2.45, 2.75) is 6.42 Å². The number of phenolic OH excluding ortho intramolecular Hbond substituents is 1. The lowest BCUT2D eigenvalue weighted by Gasteiger charge is -2.14. The summed E-state index contributed by atoms with van der Waals surface area (Å²) in [6.07, 6.45) is 0.789. The van der Waals surface area contributed by atoms with E-state index in [2.05, 4.69) is 0 Å². The first kappa shape index (κ1) is 13.6. The van der Waals surface area contributed by atoms with Gasteiger partial charge >= 0.3 is 5.97 Å². The number of fused-ring (bicyclic) bond motifs is 2. The van der Waals surface area contributed by atoms with Crippen LogP contribution >= 0.6 is 0 Å². The van der Waals surface area contributed by atoms with Gasteiger partial charge in [-0.25, -0.2) is 4.79 Å². The SMILES string of the molecule is O=C(O)c1cc(O)c2cc3c(cc2c1-c1ccccc1)CCO3. The van der Waals surface area contributed by atoms with E-state index in [0.717, 1.165) is 28.7 Å². The number of aromatic carboxylic acids is 1. The highest BCUT2D eigenvalue weighted by molar-refractivity contribution is 6.10. The van der Waals surface area contributed by atoms with Crippen LogP contribution in [0.1, 0.15) is 15.9 Å². The number of carboxylic acids is 1. The molecule has 2 N–H and O–H groups in total. The molecule has 0 aliphatic carbocycles. The van der Waals surface area contributed by atoms with Crippen LogP contribution in [0, 0.1) is 0 Å². The van der Waals surface area contributed by atoms with Crippen molar-refractivity contribution < 1.29 is 19.7 Å². The number of ether oxygens (including phenoxy) is 1. The Morgan fingerprint density at radius 3 is 2.57 bits per heavy atom. The summed E-state index contributed by atoms with van der Waals surface area (Å²) < 4.78 is 5.56. The van der Waals surface area contributed by atoms with E-state index in [-0.39, 0.29) is 11.3 Å². The first-order chi connectivity index (χ1) is 11.1. The third-order valence-corrected chi connectivity index (χ3v) is 4.22. The smallest absolute Gasteiger partial charge is 0.336 e. The lowest BCUT2D eigenvalue weighted by Crippen LogP contribution is -2.01. The van der Waals surface area contributed by atoms with Crippen molar-refractivity contribution in [3.05, 3.63) is 59.7 Å². The molecule has 23 heavy (non-hydrogen) atoms. The summed E-state index contributed by atoms with van der Waals surface area (Å²) in [7, 11) is 0. The molecule has 0 bridgehead atoms. The van der Waals surface area contributed by atoms with Crippen LogP contribution in [0.5, 0.6) is 11.5 Å². The van der Waals surface area contributed by atoms with Crippen molar-refractivity contribution in [3.8, 4) is 22.6 Å². The standard InChI is InChI=1S/C19H14O4/c20-16-9-15(19(21)22)18(11-4-2-1-3-5-11)14-8-12-6-7-23-17(12)10-13(14)16/h1-5,8-10,20H,6-7H2,(H,21,22). The number of rotatable bonds is 2. The maximum absolute atomic E-state index is 11.7. The Balaban J connectivity index is 2.14. The van der Waals surface area contributed by atoms with Crippen LogP contribution in [0.2, 0.25) is 0 Å². The van der Waals surface area contributed by atoms with Crippen molar-refractivity contribution in [2.24, 2.45) is 0 Å². The van der Waals surface area contributed by atoms with E-state index >= 15 is 0 Å². The second kappa shape index (κ2) is 5.02. The van der Waals surface area contributed by atoms with Gasteiger partial charge in [0, 0.05) is 17.4 Å². The summed E-state index contributed by atoms with van der Waals surface area (Å²) in [6, 6.07) is 14.4. The molecule has 3 aromatic carbocycles. The first-order valence-electron chi connectivity index (χ1n) is 7.39. The Hall–Kier alpha value is -3.01. The molecule has 0 radical (unpaired) electrons. The van der Waals surface area contributed by atoms with Crippen LogP contribution in [-0.2, 0) is 6.42 Å². The van der Waals surface area contributed by atoms with Gasteiger partial charge in [0.25, 0.3) is 0 Å². The Morgan fingerprint density at radius 2 is 1.83 bits per heavy atom. The lowest BCUT2D eigenvalue weighted by atomic mass is 9.91. The summed E-state index contributed by atoms with van der Waals surface area (Å²) in [5, 5.41) is 21.2. The van der Waals surface area contributed by atoms with Gasteiger partial charge in [-0.1, -0.05) is 30.3 Å². The third kappa shape index (κ3) is 2.11. The number of phenols is 1. The zero-order chi connectivity index (χ0) is 16.0. The quantitative estimate of drug-likeness (QED) is 0.755. The predicted octanol–water partition coefficient (Wildman–Crippen LogP) is 3.85. The first-order valence-corrected chi connectivity index (χ1v) is 7.39. The number of hydrogen-bond acceptors (Lipinski definition) is 3. The molecular weight excluding hydrogens is 292 g/mol. The zero-order valence-corrected chi connectivity index (χ0v) is 12.2. The van der Waals surface area contributed by atoms with Crippen molar-refractivity contribution in [1.82, 2.24) is 0 Å². The van der Waals surface area contributed by atoms with Crippen LogP contribution in [0.4, 0.5) is 0 Å². The molecule has 1 aliphatic heterocycles. The van der Waals surface area contributed by atoms with E-state index < -0.39 is 5.97 Å². The van der Waals surface area contributed by atoms with E-state index in [4.69, 9.17) is 4.74 Å². The van der Waals surface area contributed by atoms with Gasteiger partial charge in [0.2, 0.25) is 0 Å². The number of carboxylic acid groups (broad SMARTS) is 1. The summed E-state index contributed by atoms with van der Waals surface area (Å²) in [5.74, 6) is -0.344. The highest BCUT2D eigenvalue weighted by Gasteiger charge is 2.21. The van der Waals surface area contributed by atoms with Crippen molar-refractivity contribution >= 4 is 16.7 Å². The van der Waals surface area contributed by atoms with Crippen LogP contribution in [0.15, 0.2) is 48.5 Å². The monoisotopic (exact) mass is 306 g/mol. The average Bonchev–Trinajstić information content (AvgIpc) is 3.01. The molecule has 0 fully saturated rings. The van der Waals surface area contributed by atoms with Gasteiger partial charge in [-0.2, -0.15) is 0 Å². The van der Waals surface area contributed by atoms with E-state index in [1.165, 1.54) is 6.07 Å². The minimum Gasteiger partial charge on any atom is -0.507 e. The molecule has 3 aromatic rings. The van der Waals surface area contributed by atoms with E-state index in [9.17, 15) is 15.0 Å². The van der Waals surface area contributed by atoms with Gasteiger partial charge in [-0.3, -0.25) is 0 Å². The molecule has 0 amide bonds. The van der Waals surface area contributed by atoms with Crippen molar-refractivity contribution in [3.63, 3.8) is 0 Å². The van der Waals surface area contributed by atoms with Gasteiger partial charge in [0.15, 0.2) is 0 Å². The molecular formula is C19H14O4. The fourth-order valence-corrected chi connectivity index (χ4v) is 3.16. The predicted molar refractivity (Wildman–Crippen MR) is 87.2 cm³/mol. The second-order valence-electron chi connectivity index (χ2n) is 5.59. The normalized spacial score (nSPS) is 12.9. The van der Waals surface area contributed by atoms with E-state index in [1.807, 2.05) is 36.4 Å². The highest BCUT2D eigenvalue weighted by Crippen LogP contribution is 2.41. The summed E-state index contributed by atoms with van der Waals surface area (Å²) >= 11 is 0. The minimum atomic E-state index is -1.06. The van der Waals surface area contributed by atoms with Crippen LogP contribution in [0.3, 0.4) is 0 Å². The molecule has 0 unspecified atom stereocenters. The Labute approximate surface area is 132 Å². The van der Waals surface area contributed by atoms with Gasteiger partial charge in [0.1, 0.15) is 11.5 Å². The molecule has 0 atom stereocenters. The molecule has 0 spiro atoms. The number of benzene rings is 3. The maximum Gasteiger partial charge on any atom is 0.336 e. The molecule has 0 saturated heterocycles. The molecule has 114 valence electrons. The summed E-state index contributed by atoms with van der Waals surface area (Å²) in [5.41, 5.74) is 2.58. The number of aromatic hydroxyl groups is 1. The van der Waals surface area contributed by atoms with E-state index in [0.29, 0.717) is 17.6 Å². The molecule has 4 heteroatoms. The van der Waals surface area contributed by atoms with Gasteiger partial charge < -0.3 is 14.9 Å². The summed E-state index contributed by atoms with van der Waals surface area (Å²) in [4.78, 5) is 11.7. The molecule has 1 heterocycles. The Bertz CT molecular complexity index is 929. The Kier molecular flexibility index (Phi) is 2.98. The van der Waals surface area contributed by atoms with Crippen molar-refractivity contribution in [2.75, 3.05) is 6.61 Å². The molecule has 1 aliphatic rings. The van der Waals surface area contributed by atoms with Crippen LogP contribution in [0.25, 0.3) is 21.9 Å². The fraction of sp³-hybridized carbons (Fsp3) is 0.105. The van der Waals surface area contributed by atoms with E-state index in [1.54, 1.807) is 6.07 Å². The fourth-order valence-electron chi connectivity index (χ4n) is 3.16. The average molecular weight is 306 g/mol. The summed E-state index contributed by atoms with van der Waals surface area (Å²) in [6.45, 7) is 0.610. The maximum atomic E-state index is 11.7. The molecule has 4 rings (SSSR count). The Morgan fingerprint density at radius 1 is 1.04 bits per heavy atom. The van der Waals surface area contributed by atoms with Gasteiger partial charge in [0.05, 0.1) is 12.2 Å².